The molecule has 1 saturated heterocycles. The van der Waals surface area contributed by atoms with E-state index in [2.05, 4.69) is 37.4 Å². The van der Waals surface area contributed by atoms with Crippen molar-refractivity contribution in [1.29, 1.82) is 0 Å². The van der Waals surface area contributed by atoms with Crippen molar-refractivity contribution in [2.75, 3.05) is 31.7 Å². The largest absolute Gasteiger partial charge is 0.396 e. The minimum atomic E-state index is -0.0793. The van der Waals surface area contributed by atoms with Crippen molar-refractivity contribution < 1.29 is 9.84 Å². The highest BCUT2D eigenvalue weighted by molar-refractivity contribution is 5.52. The van der Waals surface area contributed by atoms with Crippen molar-refractivity contribution in [1.82, 2.24) is 0 Å². The maximum absolute atomic E-state index is 9.37. The summed E-state index contributed by atoms with van der Waals surface area (Å²) in [5, 5.41) is 12.8. The summed E-state index contributed by atoms with van der Waals surface area (Å²) in [6.45, 7) is 6.64. The Morgan fingerprint density at radius 3 is 2.59 bits per heavy atom. The second-order valence-electron chi connectivity index (χ2n) is 5.25. The topological polar surface area (TPSA) is 41.5 Å². The molecule has 0 atom stereocenters. The molecule has 0 amide bonds. The monoisotopic (exact) mass is 235 g/mol. The van der Waals surface area contributed by atoms with E-state index >= 15 is 0 Å². The number of nitrogens with one attached hydrogen (secondary N) is 1. The molecule has 0 spiro atoms. The molecule has 0 saturated carbocycles. The van der Waals surface area contributed by atoms with E-state index in [1.165, 1.54) is 11.3 Å². The average Bonchev–Trinajstić information content (AvgIpc) is 2.28. The van der Waals surface area contributed by atoms with Crippen LogP contribution in [0.25, 0.3) is 0 Å². The molecule has 2 rings (SSSR count). The molecule has 3 nitrogen and oxygen atoms in total. The number of para-hydroxylation sites is 1. The SMILES string of the molecule is CC(C)c1ccccc1NCC1(CO)COC1. The van der Waals surface area contributed by atoms with Crippen LogP contribution in [0.5, 0.6) is 0 Å². The molecular formula is C14H21NO2. The van der Waals surface area contributed by atoms with E-state index in [0.717, 1.165) is 6.54 Å². The van der Waals surface area contributed by atoms with Crippen LogP contribution in [-0.4, -0.2) is 31.5 Å². The van der Waals surface area contributed by atoms with E-state index in [4.69, 9.17) is 4.74 Å². The third-order valence-corrected chi connectivity index (χ3v) is 3.39. The molecule has 2 N–H and O–H groups in total. The van der Waals surface area contributed by atoms with E-state index in [1.807, 2.05) is 6.07 Å². The maximum Gasteiger partial charge on any atom is 0.0584 e. The molecule has 1 aliphatic rings. The van der Waals surface area contributed by atoms with Crippen LogP contribution in [-0.2, 0) is 4.74 Å². The third-order valence-electron chi connectivity index (χ3n) is 3.39. The number of hydrogen-bond acceptors (Lipinski definition) is 3. The summed E-state index contributed by atoms with van der Waals surface area (Å²) in [6.07, 6.45) is 0. The summed E-state index contributed by atoms with van der Waals surface area (Å²) in [5.41, 5.74) is 2.41. The molecular weight excluding hydrogens is 214 g/mol. The Balaban J connectivity index is 2.03. The minimum absolute atomic E-state index is 0.0793. The van der Waals surface area contributed by atoms with Gasteiger partial charge in [-0.05, 0) is 17.5 Å². The fourth-order valence-electron chi connectivity index (χ4n) is 2.08. The van der Waals surface area contributed by atoms with Crippen LogP contribution in [0, 0.1) is 5.41 Å². The van der Waals surface area contributed by atoms with E-state index < -0.39 is 0 Å². The summed E-state index contributed by atoms with van der Waals surface area (Å²) in [6, 6.07) is 8.35. The first-order chi connectivity index (χ1) is 8.17. The van der Waals surface area contributed by atoms with Crippen molar-refractivity contribution in [3.05, 3.63) is 29.8 Å². The molecule has 1 fully saturated rings. The number of ether oxygens (including phenoxy) is 1. The Morgan fingerprint density at radius 2 is 2.06 bits per heavy atom. The normalized spacial score (nSPS) is 17.9. The van der Waals surface area contributed by atoms with Gasteiger partial charge in [0, 0.05) is 12.2 Å². The number of hydrogen-bond donors (Lipinski definition) is 2. The fraction of sp³-hybridized carbons (Fsp3) is 0.571. The summed E-state index contributed by atoms with van der Waals surface area (Å²) in [5.74, 6) is 0.501. The molecule has 1 heterocycles. The molecule has 0 bridgehead atoms. The van der Waals surface area contributed by atoms with Gasteiger partial charge in [-0.25, -0.2) is 0 Å². The second kappa shape index (κ2) is 5.07. The van der Waals surface area contributed by atoms with Gasteiger partial charge in [0.25, 0.3) is 0 Å². The quantitative estimate of drug-likeness (QED) is 0.822. The van der Waals surface area contributed by atoms with Gasteiger partial charge in [-0.2, -0.15) is 0 Å². The zero-order valence-corrected chi connectivity index (χ0v) is 10.6. The summed E-state index contributed by atoms with van der Waals surface area (Å²) >= 11 is 0. The molecule has 0 aliphatic carbocycles. The van der Waals surface area contributed by atoms with Crippen LogP contribution in [0.3, 0.4) is 0 Å². The molecule has 0 unspecified atom stereocenters. The van der Waals surface area contributed by atoms with Gasteiger partial charge in [-0.1, -0.05) is 32.0 Å². The zero-order chi connectivity index (χ0) is 12.3. The Kier molecular flexibility index (Phi) is 3.69. The van der Waals surface area contributed by atoms with E-state index in [9.17, 15) is 5.11 Å². The van der Waals surface area contributed by atoms with E-state index in [1.54, 1.807) is 0 Å². The van der Waals surface area contributed by atoms with Crippen LogP contribution in [0.15, 0.2) is 24.3 Å². The zero-order valence-electron chi connectivity index (χ0n) is 10.6. The van der Waals surface area contributed by atoms with Gasteiger partial charge in [0.15, 0.2) is 0 Å². The van der Waals surface area contributed by atoms with Crippen molar-refractivity contribution >= 4 is 5.69 Å². The lowest BCUT2D eigenvalue weighted by Crippen LogP contribution is -2.50. The molecule has 0 radical (unpaired) electrons. The molecule has 94 valence electrons. The van der Waals surface area contributed by atoms with Gasteiger partial charge in [-0.15, -0.1) is 0 Å². The summed E-state index contributed by atoms with van der Waals surface area (Å²) < 4.78 is 5.20. The lowest BCUT2D eigenvalue weighted by Gasteiger charge is -2.40. The van der Waals surface area contributed by atoms with Crippen molar-refractivity contribution in [3.63, 3.8) is 0 Å². The van der Waals surface area contributed by atoms with Gasteiger partial charge < -0.3 is 15.2 Å². The first-order valence-electron chi connectivity index (χ1n) is 6.18. The first-order valence-corrected chi connectivity index (χ1v) is 6.18. The first kappa shape index (κ1) is 12.4. The molecule has 1 aromatic rings. The van der Waals surface area contributed by atoms with E-state index in [0.29, 0.717) is 19.1 Å². The van der Waals surface area contributed by atoms with Crippen LogP contribution >= 0.6 is 0 Å². The molecule has 3 heteroatoms. The number of rotatable bonds is 5. The van der Waals surface area contributed by atoms with Crippen LogP contribution in [0.2, 0.25) is 0 Å². The third kappa shape index (κ3) is 2.61. The molecule has 17 heavy (non-hydrogen) atoms. The predicted molar refractivity (Wildman–Crippen MR) is 69.4 cm³/mol. The second-order valence-corrected chi connectivity index (χ2v) is 5.25. The van der Waals surface area contributed by atoms with Crippen LogP contribution in [0.4, 0.5) is 5.69 Å². The number of anilines is 1. The summed E-state index contributed by atoms with van der Waals surface area (Å²) in [4.78, 5) is 0. The van der Waals surface area contributed by atoms with Crippen molar-refractivity contribution in [2.45, 2.75) is 19.8 Å². The van der Waals surface area contributed by atoms with Crippen LogP contribution in [0.1, 0.15) is 25.3 Å². The Hall–Kier alpha value is -1.06. The van der Waals surface area contributed by atoms with Gasteiger partial charge in [-0.3, -0.25) is 0 Å². The highest BCUT2D eigenvalue weighted by Gasteiger charge is 2.37. The lowest BCUT2D eigenvalue weighted by molar-refractivity contribution is -0.128. The molecule has 1 aromatic carbocycles. The minimum Gasteiger partial charge on any atom is -0.396 e. The average molecular weight is 235 g/mol. The fourth-order valence-corrected chi connectivity index (χ4v) is 2.08. The van der Waals surface area contributed by atoms with Gasteiger partial charge >= 0.3 is 0 Å². The predicted octanol–water partition coefficient (Wildman–Crippen LogP) is 2.23. The highest BCUT2D eigenvalue weighted by atomic mass is 16.5. The molecule has 0 aromatic heterocycles. The Labute approximate surface area is 103 Å². The summed E-state index contributed by atoms with van der Waals surface area (Å²) in [7, 11) is 0. The van der Waals surface area contributed by atoms with Gasteiger partial charge in [0.1, 0.15) is 0 Å². The molecule has 1 aliphatic heterocycles. The standard InChI is InChI=1S/C14H21NO2/c1-11(2)12-5-3-4-6-13(12)15-7-14(8-16)9-17-10-14/h3-6,11,15-16H,7-10H2,1-2H3. The van der Waals surface area contributed by atoms with E-state index in [-0.39, 0.29) is 12.0 Å². The number of aliphatic hydroxyl groups is 1. The maximum atomic E-state index is 9.37. The number of aliphatic hydroxyl groups excluding tert-OH is 1. The highest BCUT2D eigenvalue weighted by Crippen LogP contribution is 2.29. The lowest BCUT2D eigenvalue weighted by atomic mass is 9.86. The Bertz CT molecular complexity index is 367. The number of benzene rings is 1. The van der Waals surface area contributed by atoms with Crippen LogP contribution < -0.4 is 5.32 Å². The smallest absolute Gasteiger partial charge is 0.0584 e. The Morgan fingerprint density at radius 1 is 1.35 bits per heavy atom. The van der Waals surface area contributed by atoms with Crippen molar-refractivity contribution in [2.24, 2.45) is 5.41 Å². The van der Waals surface area contributed by atoms with Crippen molar-refractivity contribution in [3.8, 4) is 0 Å². The van der Waals surface area contributed by atoms with Gasteiger partial charge in [0.2, 0.25) is 0 Å². The van der Waals surface area contributed by atoms with Gasteiger partial charge in [0.05, 0.1) is 25.2 Å².